The van der Waals surface area contributed by atoms with Crippen molar-refractivity contribution in [3.05, 3.63) is 30.1 Å². The van der Waals surface area contributed by atoms with Crippen molar-refractivity contribution in [1.82, 2.24) is 14.5 Å². The second-order valence-electron chi connectivity index (χ2n) is 7.50. The molecule has 8 heteroatoms. The van der Waals surface area contributed by atoms with Crippen molar-refractivity contribution < 1.29 is 4.79 Å². The first-order valence-corrected chi connectivity index (χ1v) is 10.6. The number of Topliss-reactive ketones (excluding diaryl/α,β-unsaturated/α-hetero) is 1. The Kier molecular flexibility index (Phi) is 7.21. The Morgan fingerprint density at radius 1 is 1.07 bits per heavy atom. The molecular formula is C22H31N7O. The summed E-state index contributed by atoms with van der Waals surface area (Å²) in [5.41, 5.74) is 19.5. The van der Waals surface area contributed by atoms with Crippen LogP contribution in [0, 0.1) is 0 Å². The lowest BCUT2D eigenvalue weighted by molar-refractivity contribution is -0.119. The lowest BCUT2D eigenvalue weighted by Gasteiger charge is -2.10. The highest BCUT2D eigenvalue weighted by Gasteiger charge is 2.16. The van der Waals surface area contributed by atoms with Gasteiger partial charge in [0.2, 0.25) is 0 Å². The SMILES string of the molecule is CCc1nc2c(N)nc3ccccc3c2n1CCCCCC(=O)CCCN=C(N)N. The third-order valence-electron chi connectivity index (χ3n) is 5.25. The summed E-state index contributed by atoms with van der Waals surface area (Å²) in [5.74, 6) is 1.84. The zero-order chi connectivity index (χ0) is 21.5. The largest absolute Gasteiger partial charge is 0.382 e. The fourth-order valence-corrected chi connectivity index (χ4v) is 3.79. The fourth-order valence-electron chi connectivity index (χ4n) is 3.79. The van der Waals surface area contributed by atoms with Crippen LogP contribution in [0.25, 0.3) is 21.9 Å². The maximum Gasteiger partial charge on any atom is 0.185 e. The zero-order valence-corrected chi connectivity index (χ0v) is 17.6. The number of nitrogens with zero attached hydrogens (tertiary/aromatic N) is 4. The number of pyridine rings is 1. The molecule has 8 nitrogen and oxygen atoms in total. The van der Waals surface area contributed by atoms with Crippen LogP contribution in [-0.4, -0.2) is 32.8 Å². The topological polar surface area (TPSA) is 138 Å². The highest BCUT2D eigenvalue weighted by molar-refractivity contribution is 6.06. The van der Waals surface area contributed by atoms with Gasteiger partial charge in [-0.05, 0) is 25.3 Å². The van der Waals surface area contributed by atoms with E-state index in [0.29, 0.717) is 31.6 Å². The van der Waals surface area contributed by atoms with Crippen LogP contribution in [0.5, 0.6) is 0 Å². The van der Waals surface area contributed by atoms with Crippen molar-refractivity contribution in [2.24, 2.45) is 16.5 Å². The molecule has 0 atom stereocenters. The van der Waals surface area contributed by atoms with Gasteiger partial charge in [-0.15, -0.1) is 0 Å². The van der Waals surface area contributed by atoms with E-state index in [9.17, 15) is 4.79 Å². The number of imidazole rings is 1. The number of rotatable bonds is 11. The Labute approximate surface area is 176 Å². The monoisotopic (exact) mass is 409 g/mol. The summed E-state index contributed by atoms with van der Waals surface area (Å²) in [6.45, 7) is 3.46. The van der Waals surface area contributed by atoms with Crippen molar-refractivity contribution in [3.8, 4) is 0 Å². The zero-order valence-electron chi connectivity index (χ0n) is 17.6. The summed E-state index contributed by atoms with van der Waals surface area (Å²) in [6.07, 6.45) is 5.52. The number of aryl methyl sites for hydroxylation is 2. The van der Waals surface area contributed by atoms with Gasteiger partial charge in [0, 0.05) is 37.7 Å². The van der Waals surface area contributed by atoms with E-state index in [1.807, 2.05) is 18.2 Å². The molecule has 0 amide bonds. The summed E-state index contributed by atoms with van der Waals surface area (Å²) < 4.78 is 2.27. The minimum Gasteiger partial charge on any atom is -0.382 e. The highest BCUT2D eigenvalue weighted by Crippen LogP contribution is 2.29. The van der Waals surface area contributed by atoms with Crippen LogP contribution in [0.4, 0.5) is 5.82 Å². The van der Waals surface area contributed by atoms with Crippen molar-refractivity contribution in [3.63, 3.8) is 0 Å². The second-order valence-corrected chi connectivity index (χ2v) is 7.50. The molecule has 2 heterocycles. The van der Waals surface area contributed by atoms with Gasteiger partial charge < -0.3 is 21.8 Å². The van der Waals surface area contributed by atoms with Crippen LogP contribution in [-0.2, 0) is 17.8 Å². The maximum absolute atomic E-state index is 12.0. The number of aliphatic imine (C=N–C) groups is 1. The predicted octanol–water partition coefficient (Wildman–Crippen LogP) is 2.91. The minimum atomic E-state index is 0.0752. The van der Waals surface area contributed by atoms with E-state index < -0.39 is 0 Å². The average Bonchev–Trinajstić information content (AvgIpc) is 3.10. The molecule has 1 aromatic carbocycles. The number of carbonyl (C=O) groups excluding carboxylic acids is 1. The molecule has 2 aromatic heterocycles. The lowest BCUT2D eigenvalue weighted by atomic mass is 10.1. The quantitative estimate of drug-likeness (QED) is 0.253. The number of aromatic nitrogens is 3. The number of hydrogen-bond acceptors (Lipinski definition) is 5. The molecule has 160 valence electrons. The summed E-state index contributed by atoms with van der Waals surface area (Å²) in [4.78, 5) is 25.2. The van der Waals surface area contributed by atoms with Gasteiger partial charge in [0.05, 0.1) is 11.0 Å². The number of benzene rings is 1. The second kappa shape index (κ2) is 10.0. The van der Waals surface area contributed by atoms with E-state index in [-0.39, 0.29) is 11.7 Å². The Morgan fingerprint density at radius 2 is 1.83 bits per heavy atom. The van der Waals surface area contributed by atoms with Crippen LogP contribution >= 0.6 is 0 Å². The summed E-state index contributed by atoms with van der Waals surface area (Å²) >= 11 is 0. The Hall–Kier alpha value is -3.16. The van der Waals surface area contributed by atoms with E-state index in [2.05, 4.69) is 27.5 Å². The van der Waals surface area contributed by atoms with Gasteiger partial charge in [0.1, 0.15) is 17.1 Å². The van der Waals surface area contributed by atoms with E-state index in [0.717, 1.165) is 60.0 Å². The van der Waals surface area contributed by atoms with Gasteiger partial charge in [-0.25, -0.2) is 9.97 Å². The van der Waals surface area contributed by atoms with E-state index in [1.165, 1.54) is 0 Å². The summed E-state index contributed by atoms with van der Waals surface area (Å²) in [6, 6.07) is 8.04. The van der Waals surface area contributed by atoms with Crippen molar-refractivity contribution in [2.75, 3.05) is 12.3 Å². The number of anilines is 1. The summed E-state index contributed by atoms with van der Waals surface area (Å²) in [7, 11) is 0. The highest BCUT2D eigenvalue weighted by atomic mass is 16.1. The fraction of sp³-hybridized carbons (Fsp3) is 0.455. The van der Waals surface area contributed by atoms with Crippen LogP contribution < -0.4 is 17.2 Å². The predicted molar refractivity (Wildman–Crippen MR) is 122 cm³/mol. The number of ketones is 1. The first kappa shape index (κ1) is 21.5. The van der Waals surface area contributed by atoms with Crippen LogP contribution in [0.2, 0.25) is 0 Å². The van der Waals surface area contributed by atoms with Crippen LogP contribution in [0.3, 0.4) is 0 Å². The number of fused-ring (bicyclic) bond motifs is 3. The molecule has 6 N–H and O–H groups in total. The molecule has 0 fully saturated rings. The molecule has 0 bridgehead atoms. The number of hydrogen-bond donors (Lipinski definition) is 3. The molecular weight excluding hydrogens is 378 g/mol. The average molecular weight is 410 g/mol. The minimum absolute atomic E-state index is 0.0752. The van der Waals surface area contributed by atoms with Gasteiger partial charge in [-0.3, -0.25) is 9.79 Å². The molecule has 0 spiro atoms. The molecule has 0 saturated heterocycles. The number of nitrogen functional groups attached to an aromatic ring is 1. The number of carbonyl (C=O) groups is 1. The van der Waals surface area contributed by atoms with Crippen molar-refractivity contribution >= 4 is 39.5 Å². The van der Waals surface area contributed by atoms with E-state index in [1.54, 1.807) is 0 Å². The maximum atomic E-state index is 12.0. The molecule has 0 aliphatic carbocycles. The van der Waals surface area contributed by atoms with Crippen molar-refractivity contribution in [2.45, 2.75) is 58.4 Å². The number of unbranched alkanes of at least 4 members (excludes halogenated alkanes) is 2. The molecule has 3 aromatic rings. The Morgan fingerprint density at radius 3 is 2.60 bits per heavy atom. The first-order chi connectivity index (χ1) is 14.5. The standard InChI is InChI=1S/C22H31N7O/c1-2-18-28-19-20(16-11-5-6-12-17(16)27-21(19)23)29(18)14-7-3-4-9-15(30)10-8-13-26-22(24)25/h5-6,11-12H,2-4,7-10,13-14H2,1H3,(H2,23,27)(H4,24,25,26). The van der Waals surface area contributed by atoms with Gasteiger partial charge in [-0.2, -0.15) is 0 Å². The third-order valence-corrected chi connectivity index (χ3v) is 5.25. The third kappa shape index (κ3) is 5.06. The van der Waals surface area contributed by atoms with Gasteiger partial charge in [0.15, 0.2) is 11.8 Å². The smallest absolute Gasteiger partial charge is 0.185 e. The lowest BCUT2D eigenvalue weighted by Crippen LogP contribution is -2.23. The van der Waals surface area contributed by atoms with E-state index in [4.69, 9.17) is 22.2 Å². The Bertz CT molecular complexity index is 1050. The van der Waals surface area contributed by atoms with Gasteiger partial charge in [0.25, 0.3) is 0 Å². The van der Waals surface area contributed by atoms with E-state index >= 15 is 0 Å². The molecule has 0 saturated carbocycles. The normalized spacial score (nSPS) is 11.2. The number of para-hydroxylation sites is 1. The Balaban J connectivity index is 1.60. The molecule has 30 heavy (non-hydrogen) atoms. The molecule has 0 aliphatic rings. The van der Waals surface area contributed by atoms with Crippen molar-refractivity contribution in [1.29, 1.82) is 0 Å². The van der Waals surface area contributed by atoms with Crippen LogP contribution in [0.15, 0.2) is 29.3 Å². The van der Waals surface area contributed by atoms with Gasteiger partial charge >= 0.3 is 0 Å². The first-order valence-electron chi connectivity index (χ1n) is 10.6. The molecule has 0 unspecified atom stereocenters. The summed E-state index contributed by atoms with van der Waals surface area (Å²) in [5, 5.41) is 1.07. The number of guanidine groups is 1. The molecule has 0 radical (unpaired) electrons. The van der Waals surface area contributed by atoms with Crippen LogP contribution in [0.1, 0.15) is 51.3 Å². The molecule has 3 rings (SSSR count). The molecule has 0 aliphatic heterocycles. The number of nitrogens with two attached hydrogens (primary N) is 3. The van der Waals surface area contributed by atoms with Gasteiger partial charge in [-0.1, -0.05) is 31.5 Å².